The molecule has 1 aliphatic rings. The van der Waals surface area contributed by atoms with Gasteiger partial charge in [0.1, 0.15) is 5.82 Å². The summed E-state index contributed by atoms with van der Waals surface area (Å²) >= 11 is 6.21. The van der Waals surface area contributed by atoms with E-state index in [2.05, 4.69) is 20.3 Å². The van der Waals surface area contributed by atoms with Crippen LogP contribution >= 0.6 is 11.6 Å². The number of nitrogens with two attached hydrogens (primary N) is 1. The van der Waals surface area contributed by atoms with Crippen LogP contribution in [-0.4, -0.2) is 21.0 Å². The number of anilines is 2. The molecule has 0 saturated heterocycles. The third-order valence-corrected chi connectivity index (χ3v) is 4.01. The molecular formula is C15H18ClN5. The quantitative estimate of drug-likeness (QED) is 0.907. The lowest BCUT2D eigenvalue weighted by molar-refractivity contribution is 0.461. The van der Waals surface area contributed by atoms with E-state index < -0.39 is 0 Å². The predicted molar refractivity (Wildman–Crippen MR) is 85.2 cm³/mol. The zero-order valence-corrected chi connectivity index (χ0v) is 12.5. The van der Waals surface area contributed by atoms with Crippen molar-refractivity contribution in [1.29, 1.82) is 0 Å². The topological polar surface area (TPSA) is 76.7 Å². The molecule has 2 aromatic rings. The second-order valence-electron chi connectivity index (χ2n) is 5.34. The van der Waals surface area contributed by atoms with Crippen molar-refractivity contribution in [3.63, 3.8) is 0 Å². The normalized spacial score (nSPS) is 15.9. The first-order valence-electron chi connectivity index (χ1n) is 7.23. The number of aromatic nitrogens is 3. The number of rotatable bonds is 3. The van der Waals surface area contributed by atoms with Crippen LogP contribution in [0.25, 0.3) is 11.3 Å². The molecule has 0 amide bonds. The SMILES string of the molecule is Nc1cc(-c2nc(NC3CCCCC3)ncc2Cl)ccn1. The van der Waals surface area contributed by atoms with E-state index in [1.165, 1.54) is 32.1 Å². The van der Waals surface area contributed by atoms with Gasteiger partial charge in [0.15, 0.2) is 0 Å². The fourth-order valence-corrected chi connectivity index (χ4v) is 2.86. The van der Waals surface area contributed by atoms with E-state index in [-0.39, 0.29) is 0 Å². The molecule has 0 aromatic carbocycles. The minimum absolute atomic E-state index is 0.448. The minimum Gasteiger partial charge on any atom is -0.384 e. The van der Waals surface area contributed by atoms with Crippen LogP contribution in [0.3, 0.4) is 0 Å². The highest BCUT2D eigenvalue weighted by atomic mass is 35.5. The monoisotopic (exact) mass is 303 g/mol. The Kier molecular flexibility index (Phi) is 4.20. The van der Waals surface area contributed by atoms with Crippen molar-refractivity contribution in [2.45, 2.75) is 38.1 Å². The van der Waals surface area contributed by atoms with Gasteiger partial charge in [-0.05, 0) is 25.0 Å². The van der Waals surface area contributed by atoms with Gasteiger partial charge in [-0.1, -0.05) is 30.9 Å². The smallest absolute Gasteiger partial charge is 0.223 e. The molecule has 0 atom stereocenters. The van der Waals surface area contributed by atoms with Crippen molar-refractivity contribution < 1.29 is 0 Å². The Hall–Kier alpha value is -1.88. The number of pyridine rings is 1. The molecule has 3 N–H and O–H groups in total. The van der Waals surface area contributed by atoms with Crippen LogP contribution < -0.4 is 11.1 Å². The van der Waals surface area contributed by atoms with Crippen LogP contribution in [0.15, 0.2) is 24.5 Å². The maximum Gasteiger partial charge on any atom is 0.223 e. The summed E-state index contributed by atoms with van der Waals surface area (Å²) in [6, 6.07) is 4.06. The molecule has 1 aliphatic carbocycles. The van der Waals surface area contributed by atoms with Gasteiger partial charge in [-0.15, -0.1) is 0 Å². The predicted octanol–water partition coefficient (Wildman–Crippen LogP) is 3.52. The molecule has 0 bridgehead atoms. The van der Waals surface area contributed by atoms with Gasteiger partial charge in [0.25, 0.3) is 0 Å². The summed E-state index contributed by atoms with van der Waals surface area (Å²) in [7, 11) is 0. The number of hydrogen-bond donors (Lipinski definition) is 2. The highest BCUT2D eigenvalue weighted by molar-refractivity contribution is 6.32. The average Bonchev–Trinajstić information content (AvgIpc) is 2.50. The van der Waals surface area contributed by atoms with Gasteiger partial charge < -0.3 is 11.1 Å². The average molecular weight is 304 g/mol. The summed E-state index contributed by atoms with van der Waals surface area (Å²) in [5, 5.41) is 3.91. The summed E-state index contributed by atoms with van der Waals surface area (Å²) in [6.07, 6.45) is 9.47. The number of halogens is 1. The fraction of sp³-hybridized carbons (Fsp3) is 0.400. The molecule has 21 heavy (non-hydrogen) atoms. The van der Waals surface area contributed by atoms with Gasteiger partial charge in [0.2, 0.25) is 5.95 Å². The molecule has 0 spiro atoms. The van der Waals surface area contributed by atoms with E-state index in [0.29, 0.717) is 28.5 Å². The molecule has 3 rings (SSSR count). The van der Waals surface area contributed by atoms with Crippen molar-refractivity contribution >= 4 is 23.4 Å². The maximum atomic E-state index is 6.21. The number of hydrogen-bond acceptors (Lipinski definition) is 5. The van der Waals surface area contributed by atoms with Gasteiger partial charge in [0, 0.05) is 17.8 Å². The highest BCUT2D eigenvalue weighted by Crippen LogP contribution is 2.27. The summed E-state index contributed by atoms with van der Waals surface area (Å²) < 4.78 is 0. The van der Waals surface area contributed by atoms with E-state index in [1.54, 1.807) is 18.5 Å². The Morgan fingerprint density at radius 1 is 1.19 bits per heavy atom. The van der Waals surface area contributed by atoms with Crippen LogP contribution in [0.4, 0.5) is 11.8 Å². The summed E-state index contributed by atoms with van der Waals surface area (Å²) in [4.78, 5) is 12.8. The van der Waals surface area contributed by atoms with Crippen molar-refractivity contribution in [3.8, 4) is 11.3 Å². The molecule has 5 nitrogen and oxygen atoms in total. The molecule has 0 unspecified atom stereocenters. The second kappa shape index (κ2) is 6.26. The third kappa shape index (κ3) is 3.42. The van der Waals surface area contributed by atoms with Crippen LogP contribution in [0.2, 0.25) is 5.02 Å². The van der Waals surface area contributed by atoms with Crippen molar-refractivity contribution in [2.24, 2.45) is 0 Å². The van der Waals surface area contributed by atoms with E-state index in [0.717, 1.165) is 5.56 Å². The van der Waals surface area contributed by atoms with Gasteiger partial charge >= 0.3 is 0 Å². The number of nitrogens with one attached hydrogen (secondary N) is 1. The Bertz CT molecular complexity index is 625. The number of nitrogens with zero attached hydrogens (tertiary/aromatic N) is 3. The summed E-state index contributed by atoms with van der Waals surface area (Å²) in [5.41, 5.74) is 7.25. The molecule has 6 heteroatoms. The van der Waals surface area contributed by atoms with E-state index in [9.17, 15) is 0 Å². The molecule has 110 valence electrons. The third-order valence-electron chi connectivity index (χ3n) is 3.74. The first kappa shape index (κ1) is 14.1. The van der Waals surface area contributed by atoms with Gasteiger partial charge in [-0.25, -0.2) is 15.0 Å². The van der Waals surface area contributed by atoms with E-state index in [4.69, 9.17) is 17.3 Å². The Morgan fingerprint density at radius 2 is 2.00 bits per heavy atom. The van der Waals surface area contributed by atoms with Crippen LogP contribution in [0.5, 0.6) is 0 Å². The lowest BCUT2D eigenvalue weighted by Gasteiger charge is -2.22. The molecule has 2 heterocycles. The first-order chi connectivity index (χ1) is 10.2. The Labute approximate surface area is 129 Å². The maximum absolute atomic E-state index is 6.21. The minimum atomic E-state index is 0.448. The lowest BCUT2D eigenvalue weighted by Crippen LogP contribution is -2.23. The van der Waals surface area contributed by atoms with Gasteiger partial charge in [-0.3, -0.25) is 0 Å². The Balaban J connectivity index is 1.85. The van der Waals surface area contributed by atoms with Crippen LogP contribution in [0, 0.1) is 0 Å². The summed E-state index contributed by atoms with van der Waals surface area (Å²) in [5.74, 6) is 1.07. The van der Waals surface area contributed by atoms with Gasteiger partial charge in [0.05, 0.1) is 16.9 Å². The molecule has 1 saturated carbocycles. The highest BCUT2D eigenvalue weighted by Gasteiger charge is 2.15. The lowest BCUT2D eigenvalue weighted by atomic mass is 9.96. The largest absolute Gasteiger partial charge is 0.384 e. The van der Waals surface area contributed by atoms with E-state index >= 15 is 0 Å². The number of nitrogen functional groups attached to an aromatic ring is 1. The van der Waals surface area contributed by atoms with Crippen LogP contribution in [-0.2, 0) is 0 Å². The van der Waals surface area contributed by atoms with E-state index in [1.807, 2.05) is 6.07 Å². The molecule has 1 fully saturated rings. The van der Waals surface area contributed by atoms with Crippen molar-refractivity contribution in [1.82, 2.24) is 15.0 Å². The summed E-state index contributed by atoms with van der Waals surface area (Å²) in [6.45, 7) is 0. The molecule has 0 aliphatic heterocycles. The first-order valence-corrected chi connectivity index (χ1v) is 7.61. The molecule has 2 aromatic heterocycles. The standard InChI is InChI=1S/C15H18ClN5/c16-12-9-19-15(20-11-4-2-1-3-5-11)21-14(12)10-6-7-18-13(17)8-10/h6-9,11H,1-5H2,(H2,17,18)(H,19,20,21). The zero-order valence-electron chi connectivity index (χ0n) is 11.7. The zero-order chi connectivity index (χ0) is 14.7. The Morgan fingerprint density at radius 3 is 2.76 bits per heavy atom. The second-order valence-corrected chi connectivity index (χ2v) is 5.75. The molecule has 0 radical (unpaired) electrons. The molecular weight excluding hydrogens is 286 g/mol. The van der Waals surface area contributed by atoms with Gasteiger partial charge in [-0.2, -0.15) is 0 Å². The van der Waals surface area contributed by atoms with Crippen molar-refractivity contribution in [2.75, 3.05) is 11.1 Å². The van der Waals surface area contributed by atoms with Crippen molar-refractivity contribution in [3.05, 3.63) is 29.5 Å². The fourth-order valence-electron chi connectivity index (χ4n) is 2.66. The van der Waals surface area contributed by atoms with Crippen LogP contribution in [0.1, 0.15) is 32.1 Å².